The summed E-state index contributed by atoms with van der Waals surface area (Å²) in [5.41, 5.74) is 0. The zero-order valence-corrected chi connectivity index (χ0v) is 23.4. The number of hydrogen-bond acceptors (Lipinski definition) is 2. The lowest BCUT2D eigenvalue weighted by Gasteiger charge is -2.04. The molecule has 0 aliphatic heterocycles. The summed E-state index contributed by atoms with van der Waals surface area (Å²) in [5.74, 6) is -0.0794. The third kappa shape index (κ3) is 29.2. The van der Waals surface area contributed by atoms with Crippen LogP contribution < -0.4 is 0 Å². The van der Waals surface area contributed by atoms with Crippen LogP contribution in [0.5, 0.6) is 0 Å². The Morgan fingerprint density at radius 3 is 1.03 bits per heavy atom. The van der Waals surface area contributed by atoms with Gasteiger partial charge >= 0.3 is 5.97 Å². The van der Waals surface area contributed by atoms with Crippen LogP contribution in [-0.4, -0.2) is 12.6 Å². The van der Waals surface area contributed by atoms with Crippen molar-refractivity contribution in [2.24, 2.45) is 0 Å². The van der Waals surface area contributed by atoms with Gasteiger partial charge in [0.05, 0.1) is 0 Å². The fraction of sp³-hybridized carbons (Fsp3) is 0.906. The Morgan fingerprint density at radius 2 is 0.765 bits per heavy atom. The van der Waals surface area contributed by atoms with Crippen LogP contribution in [-0.2, 0) is 9.53 Å². The number of esters is 1. The molecule has 0 radical (unpaired) electrons. The van der Waals surface area contributed by atoms with E-state index in [1.807, 2.05) is 0 Å². The van der Waals surface area contributed by atoms with Crippen LogP contribution in [0.2, 0.25) is 0 Å². The summed E-state index contributed by atoms with van der Waals surface area (Å²) in [6.07, 6.45) is 38.7. The molecule has 0 amide bonds. The van der Waals surface area contributed by atoms with E-state index >= 15 is 0 Å². The fourth-order valence-electron chi connectivity index (χ4n) is 4.81. The van der Waals surface area contributed by atoms with Crippen molar-refractivity contribution in [2.75, 3.05) is 6.61 Å². The van der Waals surface area contributed by atoms with Crippen LogP contribution in [0.25, 0.3) is 0 Å². The monoisotopic (exact) mass is 478 g/mol. The molecule has 0 aliphatic carbocycles. The van der Waals surface area contributed by atoms with Gasteiger partial charge in [-0.1, -0.05) is 180 Å². The molecule has 0 atom stereocenters. The Kier molecular flexibility index (Phi) is 29.5. The lowest BCUT2D eigenvalue weighted by molar-refractivity contribution is -0.142. The predicted molar refractivity (Wildman–Crippen MR) is 151 cm³/mol. The smallest absolute Gasteiger partial charge is 0.306 e. The van der Waals surface area contributed by atoms with E-state index in [0.717, 1.165) is 12.8 Å². The molecule has 0 fully saturated rings. The van der Waals surface area contributed by atoms with Crippen molar-refractivity contribution < 1.29 is 9.53 Å². The second-order valence-corrected chi connectivity index (χ2v) is 10.6. The fourth-order valence-corrected chi connectivity index (χ4v) is 4.81. The van der Waals surface area contributed by atoms with Crippen molar-refractivity contribution in [3.8, 4) is 0 Å². The van der Waals surface area contributed by atoms with Crippen molar-refractivity contribution in [1.82, 2.24) is 0 Å². The first kappa shape index (κ1) is 33.2. The van der Waals surface area contributed by atoms with Gasteiger partial charge in [-0.15, -0.1) is 0 Å². The summed E-state index contributed by atoms with van der Waals surface area (Å²) in [6, 6.07) is 0. The zero-order valence-electron chi connectivity index (χ0n) is 23.4. The molecule has 0 N–H and O–H groups in total. The topological polar surface area (TPSA) is 26.3 Å². The van der Waals surface area contributed by atoms with Gasteiger partial charge in [0.1, 0.15) is 6.61 Å². The standard InChI is InChI=1S/C32H62O2/c1-3-5-6-7-8-9-10-11-12-13-14-15-16-17-18-19-20-21-22-23-24-25-26-27-28-29-30-32(33)34-31-4-2/h4H,2-3,5-31H2,1H3. The highest BCUT2D eigenvalue weighted by atomic mass is 16.5. The minimum atomic E-state index is -0.0794. The first-order valence-corrected chi connectivity index (χ1v) is 15.6. The Morgan fingerprint density at radius 1 is 0.500 bits per heavy atom. The molecule has 34 heavy (non-hydrogen) atoms. The van der Waals surface area contributed by atoms with Crippen LogP contribution in [0.4, 0.5) is 0 Å². The molecule has 0 rings (SSSR count). The third-order valence-corrected chi connectivity index (χ3v) is 7.10. The second kappa shape index (κ2) is 30.2. The molecule has 202 valence electrons. The maximum atomic E-state index is 11.4. The number of hydrogen-bond donors (Lipinski definition) is 0. The summed E-state index contributed by atoms with van der Waals surface area (Å²) < 4.78 is 4.99. The number of ether oxygens (including phenoxy) is 1. The van der Waals surface area contributed by atoms with Crippen LogP contribution in [0.1, 0.15) is 180 Å². The SMILES string of the molecule is C=CCOC(=O)CCCCCCCCCCCCCCCCCCCCCCCCCCCC. The van der Waals surface area contributed by atoms with Crippen LogP contribution in [0.3, 0.4) is 0 Å². The lowest BCUT2D eigenvalue weighted by Crippen LogP contribution is -2.03. The largest absolute Gasteiger partial charge is 0.461 e. The minimum absolute atomic E-state index is 0.0794. The Hall–Kier alpha value is -0.790. The molecule has 0 aliphatic rings. The molecule has 0 bridgehead atoms. The number of carbonyl (C=O) groups is 1. The molecule has 0 saturated heterocycles. The molecule has 0 aromatic carbocycles. The van der Waals surface area contributed by atoms with Gasteiger partial charge in [0.25, 0.3) is 0 Å². The predicted octanol–water partition coefficient (Wildman–Crippen LogP) is 11.3. The van der Waals surface area contributed by atoms with Crippen molar-refractivity contribution in [1.29, 1.82) is 0 Å². The zero-order chi connectivity index (χ0) is 24.8. The van der Waals surface area contributed by atoms with E-state index in [0.29, 0.717) is 13.0 Å². The van der Waals surface area contributed by atoms with E-state index in [1.54, 1.807) is 6.08 Å². The van der Waals surface area contributed by atoms with E-state index in [-0.39, 0.29) is 5.97 Å². The normalized spacial score (nSPS) is 11.1. The average molecular weight is 479 g/mol. The van der Waals surface area contributed by atoms with Gasteiger partial charge in [0.15, 0.2) is 0 Å². The molecule has 0 aromatic heterocycles. The highest BCUT2D eigenvalue weighted by molar-refractivity contribution is 5.69. The van der Waals surface area contributed by atoms with Gasteiger partial charge in [-0.25, -0.2) is 0 Å². The Balaban J connectivity index is 3.05. The molecule has 0 spiro atoms. The average Bonchev–Trinajstić information content (AvgIpc) is 2.84. The summed E-state index contributed by atoms with van der Waals surface area (Å²) in [6.45, 7) is 6.20. The highest BCUT2D eigenvalue weighted by Crippen LogP contribution is 2.16. The van der Waals surface area contributed by atoms with Crippen molar-refractivity contribution in [3.05, 3.63) is 12.7 Å². The highest BCUT2D eigenvalue weighted by Gasteiger charge is 2.01. The van der Waals surface area contributed by atoms with Gasteiger partial charge < -0.3 is 4.74 Å². The van der Waals surface area contributed by atoms with E-state index in [2.05, 4.69) is 13.5 Å². The number of unbranched alkanes of at least 4 members (excludes halogenated alkanes) is 25. The van der Waals surface area contributed by atoms with Crippen LogP contribution >= 0.6 is 0 Å². The third-order valence-electron chi connectivity index (χ3n) is 7.10. The van der Waals surface area contributed by atoms with Gasteiger partial charge in [-0.2, -0.15) is 0 Å². The van der Waals surface area contributed by atoms with Gasteiger partial charge in [0.2, 0.25) is 0 Å². The van der Waals surface area contributed by atoms with Crippen molar-refractivity contribution in [3.63, 3.8) is 0 Å². The molecule has 0 heterocycles. The summed E-state index contributed by atoms with van der Waals surface area (Å²) in [5, 5.41) is 0. The lowest BCUT2D eigenvalue weighted by atomic mass is 10.0. The second-order valence-electron chi connectivity index (χ2n) is 10.6. The molecule has 0 unspecified atom stereocenters. The van der Waals surface area contributed by atoms with Gasteiger partial charge in [-0.05, 0) is 6.42 Å². The first-order chi connectivity index (χ1) is 16.8. The summed E-state index contributed by atoms with van der Waals surface area (Å²) in [7, 11) is 0. The molecule has 0 saturated carbocycles. The molecule has 2 heteroatoms. The van der Waals surface area contributed by atoms with Crippen molar-refractivity contribution >= 4 is 5.97 Å². The molecule has 0 aromatic rings. The van der Waals surface area contributed by atoms with Crippen molar-refractivity contribution in [2.45, 2.75) is 180 Å². The Bertz CT molecular complexity index is 404. The summed E-state index contributed by atoms with van der Waals surface area (Å²) >= 11 is 0. The molecular weight excluding hydrogens is 416 g/mol. The van der Waals surface area contributed by atoms with E-state index in [4.69, 9.17) is 4.74 Å². The van der Waals surface area contributed by atoms with E-state index in [9.17, 15) is 4.79 Å². The Labute approximate surface area is 215 Å². The van der Waals surface area contributed by atoms with Gasteiger partial charge in [0, 0.05) is 6.42 Å². The van der Waals surface area contributed by atoms with Crippen LogP contribution in [0, 0.1) is 0 Å². The number of carbonyl (C=O) groups excluding carboxylic acids is 1. The van der Waals surface area contributed by atoms with E-state index in [1.165, 1.54) is 154 Å². The van der Waals surface area contributed by atoms with Crippen LogP contribution in [0.15, 0.2) is 12.7 Å². The first-order valence-electron chi connectivity index (χ1n) is 15.6. The number of rotatable bonds is 29. The summed E-state index contributed by atoms with van der Waals surface area (Å²) in [4.78, 5) is 11.4. The molecule has 2 nitrogen and oxygen atoms in total. The maximum Gasteiger partial charge on any atom is 0.306 e. The van der Waals surface area contributed by atoms with E-state index < -0.39 is 0 Å². The molecular formula is C32H62O2. The quantitative estimate of drug-likeness (QED) is 0.0607. The maximum absolute atomic E-state index is 11.4. The minimum Gasteiger partial charge on any atom is -0.461 e. The van der Waals surface area contributed by atoms with Gasteiger partial charge in [-0.3, -0.25) is 4.79 Å².